The minimum absolute atomic E-state index is 0.0601. The summed E-state index contributed by atoms with van der Waals surface area (Å²) in [5.74, 6) is -1.38. The lowest BCUT2D eigenvalue weighted by atomic mass is 10.00. The maximum atomic E-state index is 13.4. The molecule has 0 spiro atoms. The molecule has 0 saturated heterocycles. The fourth-order valence-corrected chi connectivity index (χ4v) is 3.22. The number of carbonyl (C=O) groups excluding carboxylic acids is 2. The molecule has 1 heterocycles. The first-order valence-corrected chi connectivity index (χ1v) is 8.73. The second kappa shape index (κ2) is 7.58. The summed E-state index contributed by atoms with van der Waals surface area (Å²) in [6.45, 7) is 3.44. The van der Waals surface area contributed by atoms with Gasteiger partial charge in [-0.05, 0) is 43.7 Å². The number of amides is 1. The molecule has 4 nitrogen and oxygen atoms in total. The van der Waals surface area contributed by atoms with Crippen LogP contribution in [0.25, 0.3) is 6.08 Å². The van der Waals surface area contributed by atoms with E-state index in [1.165, 1.54) is 23.1 Å². The lowest BCUT2D eigenvalue weighted by Gasteiger charge is -2.18. The molecule has 1 aliphatic rings. The van der Waals surface area contributed by atoms with E-state index in [1.54, 1.807) is 31.2 Å². The number of rotatable bonds is 3. The van der Waals surface area contributed by atoms with Crippen LogP contribution in [0.2, 0.25) is 0 Å². The van der Waals surface area contributed by atoms with Gasteiger partial charge in [0.2, 0.25) is 0 Å². The molecule has 1 aliphatic heterocycles. The molecular formula is C22H18F3NO3. The minimum atomic E-state index is -4.60. The zero-order chi connectivity index (χ0) is 21.3. The Morgan fingerprint density at radius 1 is 1.03 bits per heavy atom. The molecule has 0 aliphatic carbocycles. The molecule has 0 bridgehead atoms. The lowest BCUT2D eigenvalue weighted by Crippen LogP contribution is -2.24. The first kappa shape index (κ1) is 20.4. The smallest absolute Gasteiger partial charge is 0.416 e. The van der Waals surface area contributed by atoms with Crippen molar-refractivity contribution in [2.45, 2.75) is 20.0 Å². The number of allylic oxidation sites excluding steroid dienone is 1. The molecule has 0 radical (unpaired) electrons. The third-order valence-electron chi connectivity index (χ3n) is 4.65. The van der Waals surface area contributed by atoms with E-state index in [0.29, 0.717) is 11.4 Å². The van der Waals surface area contributed by atoms with Crippen molar-refractivity contribution in [2.75, 3.05) is 12.0 Å². The van der Waals surface area contributed by atoms with E-state index < -0.39 is 23.6 Å². The Morgan fingerprint density at radius 3 is 2.24 bits per heavy atom. The predicted octanol–water partition coefficient (Wildman–Crippen LogP) is 4.89. The second-order valence-corrected chi connectivity index (χ2v) is 6.57. The van der Waals surface area contributed by atoms with Gasteiger partial charge in [0, 0.05) is 11.4 Å². The summed E-state index contributed by atoms with van der Waals surface area (Å²) in [4.78, 5) is 26.8. The Hall–Kier alpha value is -3.35. The van der Waals surface area contributed by atoms with Crippen LogP contribution in [0.15, 0.2) is 65.4 Å². The first-order chi connectivity index (χ1) is 13.6. The largest absolute Gasteiger partial charge is 0.465 e. The number of esters is 1. The molecule has 29 heavy (non-hydrogen) atoms. The van der Waals surface area contributed by atoms with Crippen LogP contribution in [0.1, 0.15) is 23.6 Å². The van der Waals surface area contributed by atoms with Gasteiger partial charge < -0.3 is 4.74 Å². The quantitative estimate of drug-likeness (QED) is 0.543. The van der Waals surface area contributed by atoms with Crippen molar-refractivity contribution in [2.24, 2.45) is 0 Å². The summed E-state index contributed by atoms with van der Waals surface area (Å²) in [6.07, 6.45) is -3.51. The molecule has 0 saturated carbocycles. The first-order valence-electron chi connectivity index (χ1n) is 8.73. The van der Waals surface area contributed by atoms with E-state index in [2.05, 4.69) is 0 Å². The normalized spacial score (nSPS) is 16.0. The molecule has 7 heteroatoms. The minimum Gasteiger partial charge on any atom is -0.465 e. The molecular weight excluding hydrogens is 383 g/mol. The van der Waals surface area contributed by atoms with E-state index in [9.17, 15) is 22.8 Å². The van der Waals surface area contributed by atoms with Crippen LogP contribution in [0.5, 0.6) is 0 Å². The van der Waals surface area contributed by atoms with Crippen molar-refractivity contribution >= 4 is 23.6 Å². The highest BCUT2D eigenvalue weighted by Gasteiger charge is 2.39. The monoisotopic (exact) mass is 401 g/mol. The summed E-state index contributed by atoms with van der Waals surface area (Å²) in [5.41, 5.74) is 0.472. The van der Waals surface area contributed by atoms with Crippen molar-refractivity contribution < 1.29 is 27.5 Å². The third-order valence-corrected chi connectivity index (χ3v) is 4.65. The van der Waals surface area contributed by atoms with Crippen LogP contribution in [0, 0.1) is 6.92 Å². The molecule has 0 fully saturated rings. The molecule has 0 atom stereocenters. The summed E-state index contributed by atoms with van der Waals surface area (Å²) >= 11 is 0. The van der Waals surface area contributed by atoms with Gasteiger partial charge >= 0.3 is 12.1 Å². The predicted molar refractivity (Wildman–Crippen MR) is 103 cm³/mol. The van der Waals surface area contributed by atoms with Crippen LogP contribution >= 0.6 is 0 Å². The fourth-order valence-electron chi connectivity index (χ4n) is 3.22. The van der Waals surface area contributed by atoms with Crippen molar-refractivity contribution in [1.82, 2.24) is 0 Å². The molecule has 2 aromatic rings. The highest BCUT2D eigenvalue weighted by atomic mass is 19.4. The summed E-state index contributed by atoms with van der Waals surface area (Å²) < 4.78 is 44.9. The van der Waals surface area contributed by atoms with Crippen molar-refractivity contribution in [3.8, 4) is 0 Å². The van der Waals surface area contributed by atoms with Crippen molar-refractivity contribution in [3.05, 3.63) is 82.1 Å². The summed E-state index contributed by atoms with van der Waals surface area (Å²) in [7, 11) is 1.16. The number of hydrogen-bond donors (Lipinski definition) is 0. The number of methoxy groups -OCH3 is 1. The SMILES string of the molecule is COC(=O)C1=C(C)N(c2ccc(C)cc2)C(=O)/C1=C\c1ccccc1C(F)(F)F. The van der Waals surface area contributed by atoms with E-state index >= 15 is 0 Å². The summed E-state index contributed by atoms with van der Waals surface area (Å²) in [6, 6.07) is 11.9. The van der Waals surface area contributed by atoms with Gasteiger partial charge in [0.05, 0.1) is 23.8 Å². The van der Waals surface area contributed by atoms with Crippen LogP contribution < -0.4 is 4.90 Å². The molecule has 1 amide bonds. The van der Waals surface area contributed by atoms with Gasteiger partial charge in [-0.2, -0.15) is 13.2 Å². The Kier molecular flexibility index (Phi) is 5.33. The average molecular weight is 401 g/mol. The van der Waals surface area contributed by atoms with Gasteiger partial charge in [-0.25, -0.2) is 4.79 Å². The zero-order valence-electron chi connectivity index (χ0n) is 16.0. The number of carbonyl (C=O) groups is 2. The molecule has 0 N–H and O–H groups in total. The number of alkyl halides is 3. The second-order valence-electron chi connectivity index (χ2n) is 6.57. The number of benzene rings is 2. The standard InChI is InChI=1S/C22H18F3NO3/c1-13-8-10-16(11-9-13)26-14(2)19(21(28)29-3)17(20(26)27)12-15-6-4-5-7-18(15)22(23,24)25/h4-12H,1-3H3/b17-12-. The van der Waals surface area contributed by atoms with Crippen molar-refractivity contribution in [3.63, 3.8) is 0 Å². The zero-order valence-corrected chi connectivity index (χ0v) is 16.0. The number of halogens is 3. The van der Waals surface area contributed by atoms with Gasteiger partial charge in [0.1, 0.15) is 0 Å². The number of hydrogen-bond acceptors (Lipinski definition) is 3. The molecule has 3 rings (SSSR count). The highest BCUT2D eigenvalue weighted by Crippen LogP contribution is 2.38. The topological polar surface area (TPSA) is 46.6 Å². The van der Waals surface area contributed by atoms with E-state index in [0.717, 1.165) is 24.8 Å². The molecule has 0 unspecified atom stereocenters. The van der Waals surface area contributed by atoms with Gasteiger partial charge in [0.25, 0.3) is 5.91 Å². The maximum Gasteiger partial charge on any atom is 0.416 e. The van der Waals surface area contributed by atoms with E-state index in [-0.39, 0.29) is 16.7 Å². The number of anilines is 1. The van der Waals surface area contributed by atoms with Crippen LogP contribution in [-0.2, 0) is 20.5 Å². The molecule has 2 aromatic carbocycles. The van der Waals surface area contributed by atoms with Crippen LogP contribution in [-0.4, -0.2) is 19.0 Å². The summed E-state index contributed by atoms with van der Waals surface area (Å²) in [5, 5.41) is 0. The Morgan fingerprint density at radius 2 is 1.66 bits per heavy atom. The lowest BCUT2D eigenvalue weighted by molar-refractivity contribution is -0.138. The molecule has 0 aromatic heterocycles. The number of nitrogens with zero attached hydrogens (tertiary/aromatic N) is 1. The molecule has 150 valence electrons. The maximum absolute atomic E-state index is 13.4. The Bertz CT molecular complexity index is 1030. The van der Waals surface area contributed by atoms with Crippen LogP contribution in [0.4, 0.5) is 18.9 Å². The van der Waals surface area contributed by atoms with Crippen LogP contribution in [0.3, 0.4) is 0 Å². The average Bonchev–Trinajstić information content (AvgIpc) is 2.91. The van der Waals surface area contributed by atoms with E-state index in [4.69, 9.17) is 4.74 Å². The Labute approximate surface area is 165 Å². The van der Waals surface area contributed by atoms with Gasteiger partial charge in [-0.15, -0.1) is 0 Å². The Balaban J connectivity index is 2.19. The van der Waals surface area contributed by atoms with E-state index in [1.807, 2.05) is 6.92 Å². The van der Waals surface area contributed by atoms with Gasteiger partial charge in [-0.3, -0.25) is 9.69 Å². The number of aryl methyl sites for hydroxylation is 1. The fraction of sp³-hybridized carbons (Fsp3) is 0.182. The van der Waals surface area contributed by atoms with Gasteiger partial charge in [-0.1, -0.05) is 35.9 Å². The number of ether oxygens (including phenoxy) is 1. The third kappa shape index (κ3) is 3.81. The highest BCUT2D eigenvalue weighted by molar-refractivity contribution is 6.23. The van der Waals surface area contributed by atoms with Crippen molar-refractivity contribution in [1.29, 1.82) is 0 Å². The van der Waals surface area contributed by atoms with Gasteiger partial charge in [0.15, 0.2) is 0 Å².